The minimum Gasteiger partial charge on any atom is -0.361 e. The van der Waals surface area contributed by atoms with Crippen molar-refractivity contribution in [2.45, 2.75) is 13.5 Å². The van der Waals surface area contributed by atoms with Gasteiger partial charge < -0.3 is 9.42 Å². The Balaban J connectivity index is 1.74. The van der Waals surface area contributed by atoms with Crippen molar-refractivity contribution in [1.29, 1.82) is 0 Å². The molecule has 0 saturated carbocycles. The second kappa shape index (κ2) is 5.85. The Morgan fingerprint density at radius 2 is 2.05 bits per heavy atom. The molecule has 3 rings (SSSR count). The Hall–Kier alpha value is -2.89. The van der Waals surface area contributed by atoms with Crippen LogP contribution in [0, 0.1) is 6.92 Å². The van der Waals surface area contributed by atoms with E-state index in [0.29, 0.717) is 12.2 Å². The summed E-state index contributed by atoms with van der Waals surface area (Å²) in [6.07, 6.45) is 0. The second-order valence-corrected chi connectivity index (χ2v) is 5.12. The third kappa shape index (κ3) is 2.90. The smallest absolute Gasteiger partial charge is 0.271 e. The fraction of sp³-hybridized carbons (Fsp3) is 0.188. The molecule has 0 bridgehead atoms. The SMILES string of the molecule is Cc1cc(CN(C)C(=O)c2cc(-c3ccccc3)n[nH]2)no1. The average Bonchev–Trinajstić information content (AvgIpc) is 3.17. The van der Waals surface area contributed by atoms with Gasteiger partial charge in [0.2, 0.25) is 0 Å². The summed E-state index contributed by atoms with van der Waals surface area (Å²) in [7, 11) is 1.72. The zero-order valence-corrected chi connectivity index (χ0v) is 12.4. The van der Waals surface area contributed by atoms with E-state index in [1.165, 1.54) is 0 Å². The Kier molecular flexibility index (Phi) is 3.74. The molecule has 0 radical (unpaired) electrons. The molecular weight excluding hydrogens is 280 g/mol. The van der Waals surface area contributed by atoms with Crippen molar-refractivity contribution in [3.63, 3.8) is 0 Å². The summed E-state index contributed by atoms with van der Waals surface area (Å²) >= 11 is 0. The van der Waals surface area contributed by atoms with Crippen LogP contribution in [-0.4, -0.2) is 33.2 Å². The van der Waals surface area contributed by atoms with Gasteiger partial charge in [0, 0.05) is 18.7 Å². The molecule has 0 saturated heterocycles. The van der Waals surface area contributed by atoms with Crippen LogP contribution in [0.3, 0.4) is 0 Å². The fourth-order valence-corrected chi connectivity index (χ4v) is 2.20. The van der Waals surface area contributed by atoms with Crippen molar-refractivity contribution in [2.24, 2.45) is 0 Å². The predicted octanol–water partition coefficient (Wildman–Crippen LogP) is 2.65. The second-order valence-electron chi connectivity index (χ2n) is 5.12. The summed E-state index contributed by atoms with van der Waals surface area (Å²) in [5.74, 6) is 0.582. The van der Waals surface area contributed by atoms with Gasteiger partial charge in [0.05, 0.1) is 12.2 Å². The molecule has 1 aromatic carbocycles. The number of aromatic amines is 1. The molecule has 0 fully saturated rings. The highest BCUT2D eigenvalue weighted by atomic mass is 16.5. The molecule has 6 heteroatoms. The van der Waals surface area contributed by atoms with Crippen LogP contribution in [0.4, 0.5) is 0 Å². The lowest BCUT2D eigenvalue weighted by atomic mass is 10.1. The summed E-state index contributed by atoms with van der Waals surface area (Å²) in [6.45, 7) is 2.20. The highest BCUT2D eigenvalue weighted by Crippen LogP contribution is 2.17. The van der Waals surface area contributed by atoms with Crippen molar-refractivity contribution in [1.82, 2.24) is 20.3 Å². The molecule has 3 aromatic rings. The molecule has 22 heavy (non-hydrogen) atoms. The first-order valence-electron chi connectivity index (χ1n) is 6.92. The van der Waals surface area contributed by atoms with Gasteiger partial charge in [-0.05, 0) is 13.0 Å². The minimum atomic E-state index is -0.143. The van der Waals surface area contributed by atoms with Crippen molar-refractivity contribution < 1.29 is 9.32 Å². The van der Waals surface area contributed by atoms with E-state index in [1.807, 2.05) is 43.3 Å². The Morgan fingerprint density at radius 1 is 1.27 bits per heavy atom. The first kappa shape index (κ1) is 14.1. The third-order valence-electron chi connectivity index (χ3n) is 3.30. The Bertz CT molecular complexity index is 776. The number of aryl methyl sites for hydroxylation is 1. The van der Waals surface area contributed by atoms with Crippen LogP contribution in [0.15, 0.2) is 47.0 Å². The minimum absolute atomic E-state index is 0.143. The molecule has 0 unspecified atom stereocenters. The van der Waals surface area contributed by atoms with Crippen LogP contribution in [0.1, 0.15) is 21.9 Å². The number of hydrogen-bond donors (Lipinski definition) is 1. The van der Waals surface area contributed by atoms with Gasteiger partial charge in [-0.2, -0.15) is 5.10 Å². The van der Waals surface area contributed by atoms with E-state index in [-0.39, 0.29) is 5.91 Å². The van der Waals surface area contributed by atoms with Gasteiger partial charge in [0.1, 0.15) is 17.1 Å². The van der Waals surface area contributed by atoms with E-state index in [9.17, 15) is 4.79 Å². The van der Waals surface area contributed by atoms with Crippen LogP contribution >= 0.6 is 0 Å². The molecule has 1 N–H and O–H groups in total. The van der Waals surface area contributed by atoms with Crippen molar-refractivity contribution in [2.75, 3.05) is 7.05 Å². The summed E-state index contributed by atoms with van der Waals surface area (Å²) in [4.78, 5) is 14.0. The molecule has 0 aliphatic heterocycles. The van der Waals surface area contributed by atoms with Crippen molar-refractivity contribution in [3.05, 3.63) is 59.6 Å². The number of nitrogens with zero attached hydrogens (tertiary/aromatic N) is 3. The van der Waals surface area contributed by atoms with E-state index >= 15 is 0 Å². The number of benzene rings is 1. The zero-order chi connectivity index (χ0) is 15.5. The molecule has 2 heterocycles. The number of carbonyl (C=O) groups excluding carboxylic acids is 1. The standard InChI is InChI=1S/C16H16N4O2/c1-11-8-13(19-22-11)10-20(2)16(21)15-9-14(17-18-15)12-6-4-3-5-7-12/h3-9H,10H2,1-2H3,(H,17,18). The molecule has 1 amide bonds. The Morgan fingerprint density at radius 3 is 2.73 bits per heavy atom. The molecule has 112 valence electrons. The molecular formula is C16H16N4O2. The zero-order valence-electron chi connectivity index (χ0n) is 12.4. The van der Waals surface area contributed by atoms with Crippen molar-refractivity contribution in [3.8, 4) is 11.3 Å². The van der Waals surface area contributed by atoms with Crippen LogP contribution < -0.4 is 0 Å². The number of aromatic nitrogens is 3. The number of H-pyrrole nitrogens is 1. The summed E-state index contributed by atoms with van der Waals surface area (Å²) in [5.41, 5.74) is 2.87. The molecule has 0 aliphatic carbocycles. The van der Waals surface area contributed by atoms with Gasteiger partial charge in [-0.1, -0.05) is 35.5 Å². The van der Waals surface area contributed by atoms with Gasteiger partial charge in [-0.25, -0.2) is 0 Å². The third-order valence-corrected chi connectivity index (χ3v) is 3.30. The molecule has 6 nitrogen and oxygen atoms in total. The van der Waals surface area contributed by atoms with Crippen LogP contribution in [0.5, 0.6) is 0 Å². The first-order chi connectivity index (χ1) is 10.6. The van der Waals surface area contributed by atoms with Crippen molar-refractivity contribution >= 4 is 5.91 Å². The lowest BCUT2D eigenvalue weighted by molar-refractivity contribution is 0.0776. The number of rotatable bonds is 4. The van der Waals surface area contributed by atoms with Gasteiger partial charge in [0.25, 0.3) is 5.91 Å². The molecule has 0 atom stereocenters. The highest BCUT2D eigenvalue weighted by Gasteiger charge is 2.16. The van der Waals surface area contributed by atoms with E-state index in [0.717, 1.165) is 22.7 Å². The highest BCUT2D eigenvalue weighted by molar-refractivity contribution is 5.93. The number of amides is 1. The largest absolute Gasteiger partial charge is 0.361 e. The lowest BCUT2D eigenvalue weighted by Crippen LogP contribution is -2.26. The maximum Gasteiger partial charge on any atom is 0.271 e. The maximum atomic E-state index is 12.4. The van der Waals surface area contributed by atoms with E-state index in [1.54, 1.807) is 18.0 Å². The number of hydrogen-bond acceptors (Lipinski definition) is 4. The summed E-state index contributed by atoms with van der Waals surface area (Å²) in [5, 5.41) is 10.9. The molecule has 0 aliphatic rings. The van der Waals surface area contributed by atoms with Gasteiger partial charge in [-0.3, -0.25) is 9.89 Å². The Labute approximate surface area is 127 Å². The number of carbonyl (C=O) groups is 1. The quantitative estimate of drug-likeness (QED) is 0.803. The van der Waals surface area contributed by atoms with Crippen LogP contribution in [0.25, 0.3) is 11.3 Å². The first-order valence-corrected chi connectivity index (χ1v) is 6.92. The predicted molar refractivity (Wildman–Crippen MR) is 81.1 cm³/mol. The topological polar surface area (TPSA) is 75.0 Å². The average molecular weight is 296 g/mol. The lowest BCUT2D eigenvalue weighted by Gasteiger charge is -2.13. The summed E-state index contributed by atoms with van der Waals surface area (Å²) in [6, 6.07) is 13.3. The maximum absolute atomic E-state index is 12.4. The van der Waals surface area contributed by atoms with E-state index in [2.05, 4.69) is 15.4 Å². The molecule has 0 spiro atoms. The monoisotopic (exact) mass is 296 g/mol. The van der Waals surface area contributed by atoms with Gasteiger partial charge >= 0.3 is 0 Å². The van der Waals surface area contributed by atoms with Gasteiger partial charge in [-0.15, -0.1) is 0 Å². The van der Waals surface area contributed by atoms with Gasteiger partial charge in [0.15, 0.2) is 0 Å². The number of nitrogens with one attached hydrogen (secondary N) is 1. The normalized spacial score (nSPS) is 10.6. The van der Waals surface area contributed by atoms with Crippen LogP contribution in [-0.2, 0) is 6.54 Å². The van der Waals surface area contributed by atoms with Crippen LogP contribution in [0.2, 0.25) is 0 Å². The molecule has 2 aromatic heterocycles. The fourth-order valence-electron chi connectivity index (χ4n) is 2.20. The van der Waals surface area contributed by atoms with E-state index < -0.39 is 0 Å². The van der Waals surface area contributed by atoms with E-state index in [4.69, 9.17) is 4.52 Å². The summed E-state index contributed by atoms with van der Waals surface area (Å²) < 4.78 is 5.00.